The van der Waals surface area contributed by atoms with Gasteiger partial charge in [0.15, 0.2) is 0 Å². The fourth-order valence-electron chi connectivity index (χ4n) is 2.13. The Morgan fingerprint density at radius 2 is 2.00 bits per heavy atom. The zero-order valence-electron chi connectivity index (χ0n) is 12.1. The second-order valence-electron chi connectivity index (χ2n) is 5.24. The second kappa shape index (κ2) is 6.05. The highest BCUT2D eigenvalue weighted by Crippen LogP contribution is 2.13. The summed E-state index contributed by atoms with van der Waals surface area (Å²) < 4.78 is 5.65. The Balaban J connectivity index is 1.81. The highest BCUT2D eigenvalue weighted by molar-refractivity contribution is 6.05. The minimum absolute atomic E-state index is 0.00967. The van der Waals surface area contributed by atoms with Crippen molar-refractivity contribution in [3.8, 4) is 5.75 Å². The lowest BCUT2D eigenvalue weighted by atomic mass is 10.2. The lowest BCUT2D eigenvalue weighted by Gasteiger charge is -2.18. The van der Waals surface area contributed by atoms with Crippen molar-refractivity contribution in [3.05, 3.63) is 29.8 Å². The van der Waals surface area contributed by atoms with E-state index in [1.54, 1.807) is 0 Å². The summed E-state index contributed by atoms with van der Waals surface area (Å²) in [6, 6.07) is 7.37. The molecule has 2 unspecified atom stereocenters. The quantitative estimate of drug-likeness (QED) is 0.818. The van der Waals surface area contributed by atoms with Gasteiger partial charge in [-0.1, -0.05) is 17.7 Å². The SMILES string of the molecule is Cc1ccc(OCC(C)NC2CC(=O)N(C)C2=O)cc1. The molecule has 0 spiro atoms. The number of hydrogen-bond donors (Lipinski definition) is 1. The fourth-order valence-corrected chi connectivity index (χ4v) is 2.13. The van der Waals surface area contributed by atoms with E-state index in [1.165, 1.54) is 17.5 Å². The normalized spacial score (nSPS) is 20.4. The van der Waals surface area contributed by atoms with E-state index in [0.717, 1.165) is 5.75 Å². The molecule has 108 valence electrons. The van der Waals surface area contributed by atoms with E-state index >= 15 is 0 Å². The summed E-state index contributed by atoms with van der Waals surface area (Å²) in [6.07, 6.45) is 0.226. The maximum absolute atomic E-state index is 11.8. The van der Waals surface area contributed by atoms with Gasteiger partial charge in [0.1, 0.15) is 12.4 Å². The third kappa shape index (κ3) is 3.36. The summed E-state index contributed by atoms with van der Waals surface area (Å²) in [5, 5.41) is 3.13. The van der Waals surface area contributed by atoms with Gasteiger partial charge in [0, 0.05) is 13.1 Å². The van der Waals surface area contributed by atoms with Gasteiger partial charge in [-0.3, -0.25) is 19.8 Å². The lowest BCUT2D eigenvalue weighted by molar-refractivity contribution is -0.137. The molecular formula is C15H20N2O3. The number of aryl methyl sites for hydroxylation is 1. The molecule has 20 heavy (non-hydrogen) atoms. The van der Waals surface area contributed by atoms with Crippen LogP contribution in [0.2, 0.25) is 0 Å². The molecule has 2 rings (SSSR count). The van der Waals surface area contributed by atoms with Crippen LogP contribution in [-0.4, -0.2) is 42.5 Å². The van der Waals surface area contributed by atoms with Crippen molar-refractivity contribution in [1.29, 1.82) is 0 Å². The van der Waals surface area contributed by atoms with Crippen LogP contribution in [0.3, 0.4) is 0 Å². The van der Waals surface area contributed by atoms with Crippen LogP contribution in [0.4, 0.5) is 0 Å². The van der Waals surface area contributed by atoms with Gasteiger partial charge < -0.3 is 4.74 Å². The molecular weight excluding hydrogens is 256 g/mol. The number of likely N-dealkylation sites (tertiary alicyclic amines) is 1. The molecule has 5 heteroatoms. The highest BCUT2D eigenvalue weighted by Gasteiger charge is 2.36. The standard InChI is InChI=1S/C15H20N2O3/c1-10-4-6-12(7-5-10)20-9-11(2)16-13-8-14(18)17(3)15(13)19/h4-7,11,13,16H,8-9H2,1-3H3. The van der Waals surface area contributed by atoms with Crippen molar-refractivity contribution in [2.75, 3.05) is 13.7 Å². The molecule has 0 aliphatic carbocycles. The number of carbonyl (C=O) groups excluding carboxylic acids is 2. The average molecular weight is 276 g/mol. The van der Waals surface area contributed by atoms with E-state index in [-0.39, 0.29) is 24.3 Å². The van der Waals surface area contributed by atoms with Crippen LogP contribution in [0.5, 0.6) is 5.75 Å². The number of ether oxygens (including phenoxy) is 1. The van der Waals surface area contributed by atoms with E-state index in [4.69, 9.17) is 4.74 Å². The zero-order chi connectivity index (χ0) is 14.7. The maximum atomic E-state index is 11.8. The van der Waals surface area contributed by atoms with Gasteiger partial charge in [0.25, 0.3) is 0 Å². The molecule has 2 amide bonds. The molecule has 1 aromatic carbocycles. The predicted octanol–water partition coefficient (Wildman–Crippen LogP) is 1.11. The summed E-state index contributed by atoms with van der Waals surface area (Å²) in [4.78, 5) is 24.4. The van der Waals surface area contributed by atoms with E-state index in [0.29, 0.717) is 6.61 Å². The summed E-state index contributed by atoms with van der Waals surface area (Å²) in [6.45, 7) is 4.40. The summed E-state index contributed by atoms with van der Waals surface area (Å²) in [5.41, 5.74) is 1.18. The minimum atomic E-state index is -0.427. The number of benzene rings is 1. The number of nitrogens with one attached hydrogen (secondary N) is 1. The number of carbonyl (C=O) groups is 2. The lowest BCUT2D eigenvalue weighted by Crippen LogP contribution is -2.44. The number of nitrogens with zero attached hydrogens (tertiary/aromatic N) is 1. The number of hydrogen-bond acceptors (Lipinski definition) is 4. The smallest absolute Gasteiger partial charge is 0.246 e. The monoisotopic (exact) mass is 276 g/mol. The molecule has 1 heterocycles. The van der Waals surface area contributed by atoms with Crippen LogP contribution in [0, 0.1) is 6.92 Å². The molecule has 1 fully saturated rings. The second-order valence-corrected chi connectivity index (χ2v) is 5.24. The minimum Gasteiger partial charge on any atom is -0.492 e. The molecule has 5 nitrogen and oxygen atoms in total. The van der Waals surface area contributed by atoms with Crippen molar-refractivity contribution in [2.45, 2.75) is 32.4 Å². The number of likely N-dealkylation sites (N-methyl/N-ethyl adjacent to an activating group) is 1. The van der Waals surface area contributed by atoms with Gasteiger partial charge in [-0.15, -0.1) is 0 Å². The van der Waals surface area contributed by atoms with Gasteiger partial charge in [-0.2, -0.15) is 0 Å². The Kier molecular flexibility index (Phi) is 4.39. The van der Waals surface area contributed by atoms with Crippen LogP contribution in [0.15, 0.2) is 24.3 Å². The molecule has 1 aliphatic rings. The van der Waals surface area contributed by atoms with Gasteiger partial charge in [0.2, 0.25) is 11.8 Å². The maximum Gasteiger partial charge on any atom is 0.246 e. The topological polar surface area (TPSA) is 58.6 Å². The first-order valence-electron chi connectivity index (χ1n) is 6.73. The molecule has 0 aromatic heterocycles. The first-order valence-corrected chi connectivity index (χ1v) is 6.73. The molecule has 2 atom stereocenters. The predicted molar refractivity (Wildman–Crippen MR) is 75.5 cm³/mol. The van der Waals surface area contributed by atoms with E-state index in [2.05, 4.69) is 5.32 Å². The number of amides is 2. The van der Waals surface area contributed by atoms with Crippen LogP contribution in [0.25, 0.3) is 0 Å². The van der Waals surface area contributed by atoms with E-state index in [1.807, 2.05) is 38.1 Å². The Hall–Kier alpha value is -1.88. The molecule has 0 radical (unpaired) electrons. The van der Waals surface area contributed by atoms with Gasteiger partial charge >= 0.3 is 0 Å². The average Bonchev–Trinajstić information content (AvgIpc) is 2.66. The van der Waals surface area contributed by atoms with E-state index in [9.17, 15) is 9.59 Å². The van der Waals surface area contributed by atoms with Crippen LogP contribution in [0.1, 0.15) is 18.9 Å². The van der Waals surface area contributed by atoms with E-state index < -0.39 is 6.04 Å². The van der Waals surface area contributed by atoms with Crippen LogP contribution in [-0.2, 0) is 9.59 Å². The molecule has 1 saturated heterocycles. The van der Waals surface area contributed by atoms with Crippen molar-refractivity contribution in [3.63, 3.8) is 0 Å². The first kappa shape index (κ1) is 14.5. The zero-order valence-corrected chi connectivity index (χ0v) is 12.1. The van der Waals surface area contributed by atoms with Gasteiger partial charge in [0.05, 0.1) is 12.5 Å². The fraction of sp³-hybridized carbons (Fsp3) is 0.467. The van der Waals surface area contributed by atoms with Crippen molar-refractivity contribution in [1.82, 2.24) is 10.2 Å². The first-order chi connectivity index (χ1) is 9.47. The largest absolute Gasteiger partial charge is 0.492 e. The summed E-state index contributed by atoms with van der Waals surface area (Å²) in [7, 11) is 1.51. The summed E-state index contributed by atoms with van der Waals surface area (Å²) >= 11 is 0. The van der Waals surface area contributed by atoms with Gasteiger partial charge in [-0.25, -0.2) is 0 Å². The number of imide groups is 1. The van der Waals surface area contributed by atoms with Crippen LogP contribution < -0.4 is 10.1 Å². The molecule has 0 saturated carbocycles. The Morgan fingerprint density at radius 3 is 2.55 bits per heavy atom. The Morgan fingerprint density at radius 1 is 1.35 bits per heavy atom. The Labute approximate surface area is 118 Å². The third-order valence-electron chi connectivity index (χ3n) is 3.39. The van der Waals surface area contributed by atoms with Gasteiger partial charge in [-0.05, 0) is 26.0 Å². The van der Waals surface area contributed by atoms with Crippen molar-refractivity contribution >= 4 is 11.8 Å². The molecule has 1 aromatic rings. The van der Waals surface area contributed by atoms with Crippen molar-refractivity contribution < 1.29 is 14.3 Å². The van der Waals surface area contributed by atoms with Crippen molar-refractivity contribution in [2.24, 2.45) is 0 Å². The number of rotatable bonds is 5. The molecule has 1 aliphatic heterocycles. The molecule has 0 bridgehead atoms. The summed E-state index contributed by atoms with van der Waals surface area (Å²) in [5.74, 6) is 0.492. The molecule has 1 N–H and O–H groups in total. The highest BCUT2D eigenvalue weighted by atomic mass is 16.5. The van der Waals surface area contributed by atoms with Crippen LogP contribution >= 0.6 is 0 Å². The Bertz CT molecular complexity index is 498. The third-order valence-corrected chi connectivity index (χ3v) is 3.39.